The van der Waals surface area contributed by atoms with Crippen molar-refractivity contribution in [1.82, 2.24) is 19.4 Å². The molecule has 6 heterocycles. The molecule has 0 saturated carbocycles. The molecule has 9 nitrogen and oxygen atoms in total. The lowest BCUT2D eigenvalue weighted by molar-refractivity contribution is 0.0268. The van der Waals surface area contributed by atoms with Crippen molar-refractivity contribution in [1.29, 1.82) is 5.26 Å². The summed E-state index contributed by atoms with van der Waals surface area (Å²) in [7, 11) is 0. The summed E-state index contributed by atoms with van der Waals surface area (Å²) in [6, 6.07) is 22.9. The Morgan fingerprint density at radius 3 is 2.49 bits per heavy atom. The molecule has 1 fully saturated rings. The molecule has 0 radical (unpaired) electrons. The molecule has 0 spiro atoms. The minimum Gasteiger partial charge on any atom is -0.475 e. The summed E-state index contributed by atoms with van der Waals surface area (Å²) in [5.74, 6) is 1.95. The average molecular weight is 597 g/mol. The van der Waals surface area contributed by atoms with Crippen molar-refractivity contribution in [3.05, 3.63) is 102 Å². The van der Waals surface area contributed by atoms with Gasteiger partial charge in [0.1, 0.15) is 30.3 Å². The molecule has 5 aromatic heterocycles. The van der Waals surface area contributed by atoms with Gasteiger partial charge in [-0.1, -0.05) is 23.7 Å². The Kier molecular flexibility index (Phi) is 9.40. The first-order valence-corrected chi connectivity index (χ1v) is 14.4. The van der Waals surface area contributed by atoms with E-state index >= 15 is 0 Å². The molecule has 0 aromatic carbocycles. The van der Waals surface area contributed by atoms with Crippen molar-refractivity contribution in [2.75, 3.05) is 24.6 Å². The molecule has 1 saturated heterocycles. The zero-order valence-corrected chi connectivity index (χ0v) is 24.9. The predicted molar refractivity (Wildman–Crippen MR) is 166 cm³/mol. The maximum Gasteiger partial charge on any atom is 0.213 e. The predicted octanol–water partition coefficient (Wildman–Crippen LogP) is 6.20. The monoisotopic (exact) mass is 596 g/mol. The number of hydrogen-bond acceptors (Lipinski definition) is 8. The van der Waals surface area contributed by atoms with Crippen LogP contribution in [0.4, 0.5) is 5.82 Å². The maximum atomic E-state index is 9.85. The standard InChI is InChI=1S/C24H27ClN4O3.C9H6N2/c1-24(2,30)16-31-23-13-17(6-10-27-23)19-15-28-21(14-20(19)25)29-11-7-18(8-12-29)32-22-5-3-4-9-26-22;10-7-9-5-4-8-3-1-2-6-11(8)9/h3-6,9-10,13-15,18,30H,7-8,11-12,16H2,1-2H3;1-6H. The smallest absolute Gasteiger partial charge is 0.213 e. The van der Waals surface area contributed by atoms with Gasteiger partial charge >= 0.3 is 0 Å². The van der Waals surface area contributed by atoms with E-state index < -0.39 is 5.60 Å². The molecule has 43 heavy (non-hydrogen) atoms. The fourth-order valence-electron chi connectivity index (χ4n) is 4.65. The van der Waals surface area contributed by atoms with Crippen molar-refractivity contribution >= 4 is 22.9 Å². The Hall–Kier alpha value is -4.65. The van der Waals surface area contributed by atoms with Gasteiger partial charge in [-0.05, 0) is 61.9 Å². The zero-order chi connectivity index (χ0) is 30.2. The normalized spacial score (nSPS) is 13.6. The second-order valence-electron chi connectivity index (χ2n) is 10.8. The third kappa shape index (κ3) is 8.01. The number of aliphatic hydroxyl groups is 1. The van der Waals surface area contributed by atoms with E-state index in [-0.39, 0.29) is 12.7 Å². The molecule has 10 heteroatoms. The van der Waals surface area contributed by atoms with Crippen LogP contribution in [-0.2, 0) is 0 Å². The zero-order valence-electron chi connectivity index (χ0n) is 24.1. The molecule has 1 aliphatic heterocycles. The van der Waals surface area contributed by atoms with Crippen LogP contribution in [0, 0.1) is 11.3 Å². The first kappa shape index (κ1) is 29.8. The van der Waals surface area contributed by atoms with Gasteiger partial charge in [-0.25, -0.2) is 15.0 Å². The Morgan fingerprint density at radius 1 is 0.977 bits per heavy atom. The van der Waals surface area contributed by atoms with E-state index in [1.165, 1.54) is 0 Å². The summed E-state index contributed by atoms with van der Waals surface area (Å²) in [6.45, 7) is 5.19. The van der Waals surface area contributed by atoms with Crippen molar-refractivity contribution in [3.63, 3.8) is 0 Å². The number of ether oxygens (including phenoxy) is 2. The Morgan fingerprint density at radius 2 is 1.77 bits per heavy atom. The largest absolute Gasteiger partial charge is 0.475 e. The van der Waals surface area contributed by atoms with E-state index in [4.69, 9.17) is 26.3 Å². The number of fused-ring (bicyclic) bond motifs is 1. The number of halogens is 1. The van der Waals surface area contributed by atoms with Crippen LogP contribution in [-0.4, -0.2) is 55.9 Å². The van der Waals surface area contributed by atoms with Crippen LogP contribution in [0.5, 0.6) is 11.8 Å². The summed E-state index contributed by atoms with van der Waals surface area (Å²) in [6.07, 6.45) is 9.00. The molecule has 0 unspecified atom stereocenters. The van der Waals surface area contributed by atoms with Crippen LogP contribution in [0.2, 0.25) is 5.02 Å². The van der Waals surface area contributed by atoms with Gasteiger partial charge in [0.2, 0.25) is 11.8 Å². The first-order valence-electron chi connectivity index (χ1n) is 14.0. The van der Waals surface area contributed by atoms with Crippen molar-refractivity contribution in [2.45, 2.75) is 38.4 Å². The highest BCUT2D eigenvalue weighted by Crippen LogP contribution is 2.32. The number of nitriles is 1. The summed E-state index contributed by atoms with van der Waals surface area (Å²) in [5.41, 5.74) is 2.47. The van der Waals surface area contributed by atoms with Gasteiger partial charge in [0.05, 0.1) is 10.6 Å². The molecular formula is C33H33ClN6O3. The van der Waals surface area contributed by atoms with Gasteiger partial charge < -0.3 is 23.9 Å². The first-order chi connectivity index (χ1) is 20.8. The van der Waals surface area contributed by atoms with Crippen molar-refractivity contribution < 1.29 is 14.6 Å². The number of nitrogens with zero attached hydrogens (tertiary/aromatic N) is 6. The third-order valence-corrected chi connectivity index (χ3v) is 7.14. The number of aromatic nitrogens is 4. The van der Waals surface area contributed by atoms with E-state index in [1.807, 2.05) is 71.3 Å². The third-order valence-electron chi connectivity index (χ3n) is 6.83. The molecule has 1 N–H and O–H groups in total. The van der Waals surface area contributed by atoms with Crippen LogP contribution >= 0.6 is 11.6 Å². The Labute approximate surface area is 256 Å². The van der Waals surface area contributed by atoms with E-state index in [2.05, 4.69) is 25.9 Å². The molecule has 0 atom stereocenters. The van der Waals surface area contributed by atoms with Gasteiger partial charge in [0.25, 0.3) is 0 Å². The molecule has 0 bridgehead atoms. The van der Waals surface area contributed by atoms with Gasteiger partial charge in [0.15, 0.2) is 0 Å². The van der Waals surface area contributed by atoms with E-state index in [0.717, 1.165) is 48.4 Å². The van der Waals surface area contributed by atoms with Crippen molar-refractivity contribution in [3.8, 4) is 29.0 Å². The molecular weight excluding hydrogens is 564 g/mol. The second-order valence-corrected chi connectivity index (χ2v) is 11.2. The van der Waals surface area contributed by atoms with Crippen LogP contribution in [0.15, 0.2) is 91.5 Å². The van der Waals surface area contributed by atoms with Crippen LogP contribution in [0.25, 0.3) is 16.6 Å². The van der Waals surface area contributed by atoms with E-state index in [1.54, 1.807) is 38.5 Å². The van der Waals surface area contributed by atoms with E-state index in [9.17, 15) is 5.11 Å². The topological polar surface area (TPSA) is 109 Å². The van der Waals surface area contributed by atoms with Gasteiger partial charge in [-0.2, -0.15) is 5.26 Å². The minimum atomic E-state index is -0.936. The lowest BCUT2D eigenvalue weighted by Crippen LogP contribution is -2.38. The highest BCUT2D eigenvalue weighted by molar-refractivity contribution is 6.33. The lowest BCUT2D eigenvalue weighted by atomic mass is 10.1. The number of hydrogen-bond donors (Lipinski definition) is 1. The second kappa shape index (κ2) is 13.6. The summed E-state index contributed by atoms with van der Waals surface area (Å²) in [4.78, 5) is 15.3. The number of pyridine rings is 4. The highest BCUT2D eigenvalue weighted by Gasteiger charge is 2.22. The average Bonchev–Trinajstić information content (AvgIpc) is 3.44. The SMILES string of the molecule is CC(C)(O)COc1cc(-c2cnc(N3CCC(Oc4ccccn4)CC3)cc2Cl)ccn1.N#Cc1ccc2ccccn12. The number of anilines is 1. The quantitative estimate of drug-likeness (QED) is 0.236. The van der Waals surface area contributed by atoms with Gasteiger partial charge in [-0.3, -0.25) is 0 Å². The molecule has 6 rings (SSSR count). The van der Waals surface area contributed by atoms with Crippen LogP contribution in [0.3, 0.4) is 0 Å². The van der Waals surface area contributed by atoms with Crippen LogP contribution < -0.4 is 14.4 Å². The maximum absolute atomic E-state index is 9.85. The Balaban J connectivity index is 0.000000279. The molecule has 5 aromatic rings. The number of piperidine rings is 1. The molecule has 1 aliphatic rings. The molecule has 220 valence electrons. The summed E-state index contributed by atoms with van der Waals surface area (Å²) < 4.78 is 13.4. The molecule has 0 aliphatic carbocycles. The Bertz CT molecular complexity index is 1690. The van der Waals surface area contributed by atoms with E-state index in [0.29, 0.717) is 22.5 Å². The summed E-state index contributed by atoms with van der Waals surface area (Å²) in [5, 5.41) is 19.1. The molecule has 0 amide bonds. The van der Waals surface area contributed by atoms with Crippen LogP contribution in [0.1, 0.15) is 32.4 Å². The van der Waals surface area contributed by atoms with Gasteiger partial charge in [0, 0.05) is 73.9 Å². The fraction of sp³-hybridized carbons (Fsp3) is 0.273. The van der Waals surface area contributed by atoms with Gasteiger partial charge in [-0.15, -0.1) is 0 Å². The van der Waals surface area contributed by atoms with Crippen molar-refractivity contribution in [2.24, 2.45) is 0 Å². The summed E-state index contributed by atoms with van der Waals surface area (Å²) >= 11 is 6.62. The number of rotatable bonds is 7. The minimum absolute atomic E-state index is 0.147. The lowest BCUT2D eigenvalue weighted by Gasteiger charge is -2.32. The highest BCUT2D eigenvalue weighted by atomic mass is 35.5. The fourth-order valence-corrected chi connectivity index (χ4v) is 4.91.